The molecule has 356 valence electrons. The number of anilines is 1. The van der Waals surface area contributed by atoms with Crippen LogP contribution in [-0.2, 0) is 64.9 Å². The van der Waals surface area contributed by atoms with Gasteiger partial charge < -0.3 is 48.3 Å². The molecule has 3 aromatic rings. The summed E-state index contributed by atoms with van der Waals surface area (Å²) >= 11 is 0. The quantitative estimate of drug-likeness (QED) is 0.175. The van der Waals surface area contributed by atoms with Gasteiger partial charge in [-0.3, -0.25) is 14.5 Å². The lowest BCUT2D eigenvalue weighted by Gasteiger charge is -2.63. The highest BCUT2D eigenvalue weighted by atomic mass is 16.6. The molecule has 16 nitrogen and oxygen atoms in total. The highest BCUT2D eigenvalue weighted by Gasteiger charge is 2.80. The number of aliphatic hydroxyl groups is 1. The molecule has 2 bridgehead atoms. The summed E-state index contributed by atoms with van der Waals surface area (Å²) in [6.07, 6.45) is 6.36. The van der Waals surface area contributed by atoms with Crippen LogP contribution in [0.25, 0.3) is 10.9 Å². The Balaban J connectivity index is 1.41. The first-order chi connectivity index (χ1) is 32.1. The standard InChI is InChI=1S/C51H60N4O12/c1-10-29-21-30-25-50(46(59)65-8,40-32(31-15-12-13-16-36(31)52-40)22-33(41(57)63-6)39(42(58)64-7)55(26-29)27-30)35-23-34-37(24-38(35)62-5)53(4)44-49(34)18-20-54-19-14-17-48(11-2,43(49)54)45(67-28(3)56)51(44,61)47(60)66-9/h12-17,21,23-24,30,43-45,52,61H,10-11,18-20,22,25-27H2,1-9H3/b39-33+/t30-,43-,44+,45+,48+,49+,50-,51-/m0/s1. The fourth-order valence-electron chi connectivity index (χ4n) is 13.7. The summed E-state index contributed by atoms with van der Waals surface area (Å²) in [7, 11) is 8.49. The van der Waals surface area contributed by atoms with Gasteiger partial charge in [0.15, 0.2) is 6.10 Å². The smallest absolute Gasteiger partial charge is 0.354 e. The number of aromatic nitrogens is 1. The largest absolute Gasteiger partial charge is 0.496 e. The van der Waals surface area contributed by atoms with Crippen LogP contribution in [0.1, 0.15) is 68.8 Å². The van der Waals surface area contributed by atoms with Crippen molar-refractivity contribution in [1.82, 2.24) is 14.8 Å². The summed E-state index contributed by atoms with van der Waals surface area (Å²) in [5.41, 5.74) is -1.42. The fourth-order valence-corrected chi connectivity index (χ4v) is 13.7. The van der Waals surface area contributed by atoms with Crippen LogP contribution in [0.5, 0.6) is 5.75 Å². The fraction of sp³-hybridized carbons (Fsp3) is 0.510. The zero-order valence-electron chi connectivity index (χ0n) is 39.6. The van der Waals surface area contributed by atoms with Gasteiger partial charge in [-0.25, -0.2) is 14.4 Å². The lowest BCUT2D eigenvalue weighted by molar-refractivity contribution is -0.228. The molecule has 1 aromatic heterocycles. The average molecular weight is 921 g/mol. The van der Waals surface area contributed by atoms with E-state index in [0.29, 0.717) is 78.1 Å². The molecule has 1 aliphatic carbocycles. The number of hydrogen-bond donors (Lipinski definition) is 2. The van der Waals surface area contributed by atoms with Crippen molar-refractivity contribution in [2.45, 2.75) is 87.5 Å². The van der Waals surface area contributed by atoms with E-state index in [0.717, 1.165) is 11.1 Å². The Labute approximate surface area is 389 Å². The monoisotopic (exact) mass is 920 g/mol. The van der Waals surface area contributed by atoms with Crippen molar-refractivity contribution in [2.75, 3.05) is 73.7 Å². The Morgan fingerprint density at radius 3 is 2.30 bits per heavy atom. The van der Waals surface area contributed by atoms with Gasteiger partial charge in [-0.15, -0.1) is 0 Å². The number of nitrogens with one attached hydrogen (secondary N) is 1. The molecular weight excluding hydrogens is 861 g/mol. The second kappa shape index (κ2) is 16.6. The first kappa shape index (κ1) is 46.0. The number of carbonyl (C=O) groups excluding carboxylic acids is 5. The molecule has 6 aliphatic rings. The molecule has 6 heterocycles. The molecule has 1 saturated heterocycles. The van der Waals surface area contributed by atoms with Gasteiger partial charge in [0.1, 0.15) is 16.9 Å². The number of likely N-dealkylation sites (N-methyl/N-ethyl adjacent to an activating group) is 1. The Hall–Kier alpha value is -6.13. The predicted molar refractivity (Wildman–Crippen MR) is 245 cm³/mol. The number of rotatable bonds is 9. The minimum Gasteiger partial charge on any atom is -0.496 e. The molecule has 2 aromatic carbocycles. The molecule has 2 fully saturated rings. The lowest BCUT2D eigenvalue weighted by Crippen LogP contribution is -2.81. The topological polar surface area (TPSA) is 186 Å². The summed E-state index contributed by atoms with van der Waals surface area (Å²) in [5.74, 6) is -3.67. The van der Waals surface area contributed by atoms with Crippen LogP contribution < -0.4 is 9.64 Å². The third-order valence-electron chi connectivity index (χ3n) is 16.1. The van der Waals surface area contributed by atoms with E-state index in [-0.39, 0.29) is 30.7 Å². The van der Waals surface area contributed by atoms with Gasteiger partial charge in [-0.05, 0) is 61.4 Å². The Morgan fingerprint density at radius 2 is 1.64 bits per heavy atom. The van der Waals surface area contributed by atoms with Gasteiger partial charge in [0.05, 0.1) is 47.2 Å². The normalized spacial score (nSPS) is 31.7. The number of esters is 5. The number of fused-ring (bicyclic) bond motifs is 6. The second-order valence-electron chi connectivity index (χ2n) is 18.9. The number of benzene rings is 2. The van der Waals surface area contributed by atoms with Crippen LogP contribution in [-0.4, -0.2) is 142 Å². The molecule has 0 radical (unpaired) electrons. The van der Waals surface area contributed by atoms with Crippen LogP contribution in [0, 0.1) is 11.3 Å². The number of methoxy groups -OCH3 is 5. The van der Waals surface area contributed by atoms with Crippen LogP contribution in [0.4, 0.5) is 5.69 Å². The first-order valence-electron chi connectivity index (χ1n) is 23.0. The second-order valence-corrected chi connectivity index (χ2v) is 18.9. The molecule has 1 saturated carbocycles. The van der Waals surface area contributed by atoms with E-state index in [2.05, 4.69) is 16.0 Å². The number of hydrogen-bond acceptors (Lipinski definition) is 15. The molecule has 9 rings (SSSR count). The highest BCUT2D eigenvalue weighted by molar-refractivity contribution is 6.02. The minimum atomic E-state index is -2.38. The lowest BCUT2D eigenvalue weighted by atomic mass is 9.47. The maximum atomic E-state index is 15.7. The van der Waals surface area contributed by atoms with Crippen LogP contribution in [0.2, 0.25) is 0 Å². The molecule has 16 heteroatoms. The minimum absolute atomic E-state index is 0.0698. The highest BCUT2D eigenvalue weighted by Crippen LogP contribution is 2.68. The molecule has 0 amide bonds. The van der Waals surface area contributed by atoms with Crippen LogP contribution in [0.3, 0.4) is 0 Å². The zero-order chi connectivity index (χ0) is 48.0. The van der Waals surface area contributed by atoms with Crippen molar-refractivity contribution < 1.29 is 57.5 Å². The van der Waals surface area contributed by atoms with E-state index >= 15 is 4.79 Å². The van der Waals surface area contributed by atoms with E-state index in [4.69, 9.17) is 28.4 Å². The van der Waals surface area contributed by atoms with Crippen LogP contribution >= 0.6 is 0 Å². The summed E-state index contributed by atoms with van der Waals surface area (Å²) < 4.78 is 34.9. The van der Waals surface area contributed by atoms with Crippen LogP contribution in [0.15, 0.2) is 71.5 Å². The summed E-state index contributed by atoms with van der Waals surface area (Å²) in [5, 5.41) is 14.2. The number of carbonyl (C=O) groups is 5. The van der Waals surface area contributed by atoms with E-state index in [1.165, 1.54) is 42.5 Å². The van der Waals surface area contributed by atoms with Gasteiger partial charge >= 0.3 is 29.8 Å². The number of para-hydroxylation sites is 1. The summed E-state index contributed by atoms with van der Waals surface area (Å²) in [4.78, 5) is 81.2. The summed E-state index contributed by atoms with van der Waals surface area (Å²) in [6.45, 7) is 7.03. The van der Waals surface area contributed by atoms with Crippen molar-refractivity contribution in [1.29, 1.82) is 0 Å². The Morgan fingerprint density at radius 1 is 0.910 bits per heavy atom. The van der Waals surface area contributed by atoms with E-state index in [1.807, 2.05) is 79.2 Å². The molecule has 67 heavy (non-hydrogen) atoms. The van der Waals surface area contributed by atoms with Gasteiger partial charge in [-0.1, -0.05) is 55.8 Å². The molecule has 8 atom stereocenters. The van der Waals surface area contributed by atoms with Gasteiger partial charge in [-0.2, -0.15) is 0 Å². The summed E-state index contributed by atoms with van der Waals surface area (Å²) in [6, 6.07) is 10.0. The molecule has 2 N–H and O–H groups in total. The first-order valence-corrected chi connectivity index (χ1v) is 23.0. The molecule has 0 unspecified atom stereocenters. The number of aromatic amines is 1. The van der Waals surface area contributed by atoms with Gasteiger partial charge in [0.25, 0.3) is 0 Å². The van der Waals surface area contributed by atoms with E-state index < -0.39 is 75.8 Å². The predicted octanol–water partition coefficient (Wildman–Crippen LogP) is 4.40. The van der Waals surface area contributed by atoms with E-state index in [9.17, 15) is 24.3 Å². The average Bonchev–Trinajstić information content (AvgIpc) is 3.99. The van der Waals surface area contributed by atoms with Gasteiger partial charge in [0, 0.05) is 90.8 Å². The number of nitrogens with zero attached hydrogens (tertiary/aromatic N) is 3. The number of H-pyrrole nitrogens is 1. The third-order valence-corrected chi connectivity index (χ3v) is 16.1. The third kappa shape index (κ3) is 6.20. The maximum absolute atomic E-state index is 15.7. The van der Waals surface area contributed by atoms with Crippen molar-refractivity contribution in [3.8, 4) is 5.75 Å². The Bertz CT molecular complexity index is 2690. The van der Waals surface area contributed by atoms with Crippen molar-refractivity contribution in [3.05, 3.63) is 93.9 Å². The molecular formula is C51H60N4O12. The van der Waals surface area contributed by atoms with Gasteiger partial charge in [0.2, 0.25) is 5.60 Å². The molecule has 5 aliphatic heterocycles. The van der Waals surface area contributed by atoms with E-state index in [1.54, 1.807) is 0 Å². The number of ether oxygens (including phenoxy) is 6. The zero-order valence-corrected chi connectivity index (χ0v) is 39.6. The van der Waals surface area contributed by atoms with Crippen molar-refractivity contribution in [3.63, 3.8) is 0 Å². The SMILES string of the molecule is CCC1=C[C@@H]2CN(C1)/C(C(=O)OC)=C(/C(=O)OC)Cc1c([nH]c3ccccc13)[C@@](C(=O)OC)(c1cc3c(cc1OC)N(C)[C@H]1[C@@](O)(C(=O)OC)[C@H](OC(C)=O)[C@]4(CC)C=CCN5CC[C@]31[C@@H]54)C2. The van der Waals surface area contributed by atoms with Crippen molar-refractivity contribution in [2.24, 2.45) is 11.3 Å². The van der Waals surface area contributed by atoms with Crippen molar-refractivity contribution >= 4 is 46.4 Å². The Kier molecular flexibility index (Phi) is 11.4. The molecule has 1 spiro atoms. The maximum Gasteiger partial charge on any atom is 0.354 e.